The van der Waals surface area contributed by atoms with Gasteiger partial charge in [0.25, 0.3) is 0 Å². The van der Waals surface area contributed by atoms with Crippen LogP contribution in [0.2, 0.25) is 0 Å². The first kappa shape index (κ1) is 14.5. The molecule has 0 aromatic heterocycles. The van der Waals surface area contributed by atoms with Crippen LogP contribution in [0.15, 0.2) is 24.3 Å². The van der Waals surface area contributed by atoms with Gasteiger partial charge in [0.2, 0.25) is 5.91 Å². The van der Waals surface area contributed by atoms with Crippen molar-refractivity contribution in [3.63, 3.8) is 0 Å². The molecule has 1 saturated heterocycles. The molecule has 1 aromatic rings. The fourth-order valence-electron chi connectivity index (χ4n) is 3.11. The predicted molar refractivity (Wildman–Crippen MR) is 80.2 cm³/mol. The van der Waals surface area contributed by atoms with E-state index in [0.29, 0.717) is 17.9 Å². The maximum Gasteiger partial charge on any atom is 0.226 e. The molecule has 1 heterocycles. The van der Waals surface area contributed by atoms with Crippen LogP contribution in [0, 0.1) is 11.7 Å². The van der Waals surface area contributed by atoms with Gasteiger partial charge in [0.05, 0.1) is 0 Å². The summed E-state index contributed by atoms with van der Waals surface area (Å²) in [5, 5.41) is 0. The minimum Gasteiger partial charge on any atom is -0.337 e. The van der Waals surface area contributed by atoms with Crippen molar-refractivity contribution in [3.05, 3.63) is 35.6 Å². The lowest BCUT2D eigenvalue weighted by atomic mass is 10.1. The van der Waals surface area contributed by atoms with E-state index in [0.717, 1.165) is 38.0 Å². The number of benzene rings is 1. The molecule has 2 atom stereocenters. The van der Waals surface area contributed by atoms with E-state index >= 15 is 0 Å². The van der Waals surface area contributed by atoms with Crippen molar-refractivity contribution in [2.45, 2.75) is 45.3 Å². The number of nitrogens with zero attached hydrogens (tertiary/aromatic N) is 2. The second kappa shape index (κ2) is 5.76. The Labute approximate surface area is 125 Å². The molecule has 0 spiro atoms. The molecule has 2 aliphatic rings. The average Bonchev–Trinajstić information content (AvgIpc) is 3.29. The number of halogens is 1. The summed E-state index contributed by atoms with van der Waals surface area (Å²) in [4.78, 5) is 16.7. The SMILES string of the molecule is C[C@@H]1CN(C(=O)C2CC2)[C@@H](C)CN1Cc1ccc(F)cc1. The van der Waals surface area contributed by atoms with Crippen molar-refractivity contribution < 1.29 is 9.18 Å². The summed E-state index contributed by atoms with van der Waals surface area (Å²) >= 11 is 0. The third-order valence-electron chi connectivity index (χ3n) is 4.62. The number of rotatable bonds is 3. The third kappa shape index (κ3) is 3.26. The van der Waals surface area contributed by atoms with Gasteiger partial charge in [0, 0.05) is 37.6 Å². The Morgan fingerprint density at radius 1 is 1.14 bits per heavy atom. The Morgan fingerprint density at radius 2 is 1.81 bits per heavy atom. The van der Waals surface area contributed by atoms with Crippen LogP contribution < -0.4 is 0 Å². The van der Waals surface area contributed by atoms with Gasteiger partial charge in [-0.2, -0.15) is 0 Å². The Balaban J connectivity index is 1.63. The van der Waals surface area contributed by atoms with Crippen molar-refractivity contribution in [3.8, 4) is 0 Å². The van der Waals surface area contributed by atoms with Gasteiger partial charge in [-0.3, -0.25) is 9.69 Å². The summed E-state index contributed by atoms with van der Waals surface area (Å²) in [7, 11) is 0. The first-order valence-corrected chi connectivity index (χ1v) is 7.83. The zero-order valence-electron chi connectivity index (χ0n) is 12.8. The van der Waals surface area contributed by atoms with E-state index in [2.05, 4.69) is 23.6 Å². The topological polar surface area (TPSA) is 23.6 Å². The van der Waals surface area contributed by atoms with Gasteiger partial charge in [0.1, 0.15) is 5.82 Å². The van der Waals surface area contributed by atoms with E-state index in [1.165, 1.54) is 12.1 Å². The molecule has 1 aliphatic heterocycles. The first-order valence-electron chi connectivity index (χ1n) is 7.83. The first-order chi connectivity index (χ1) is 10.0. The minimum atomic E-state index is -0.194. The van der Waals surface area contributed by atoms with E-state index in [-0.39, 0.29) is 11.9 Å². The molecule has 1 aromatic carbocycles. The van der Waals surface area contributed by atoms with Gasteiger partial charge in [-0.25, -0.2) is 4.39 Å². The molecular weight excluding hydrogens is 267 g/mol. The summed E-state index contributed by atoms with van der Waals surface area (Å²) in [6.07, 6.45) is 2.13. The second-order valence-electron chi connectivity index (χ2n) is 6.52. The van der Waals surface area contributed by atoms with Gasteiger partial charge in [-0.1, -0.05) is 12.1 Å². The lowest BCUT2D eigenvalue weighted by molar-refractivity contribution is -0.138. The van der Waals surface area contributed by atoms with Crippen LogP contribution in [-0.2, 0) is 11.3 Å². The summed E-state index contributed by atoms with van der Waals surface area (Å²) in [5.41, 5.74) is 1.12. The van der Waals surface area contributed by atoms with Crippen LogP contribution in [0.4, 0.5) is 4.39 Å². The Hall–Kier alpha value is -1.42. The van der Waals surface area contributed by atoms with Gasteiger partial charge >= 0.3 is 0 Å². The number of piperazine rings is 1. The Morgan fingerprint density at radius 3 is 2.43 bits per heavy atom. The molecule has 0 N–H and O–H groups in total. The standard InChI is InChI=1S/C17H23FN2O/c1-12-10-20(17(21)15-5-6-15)13(2)9-19(12)11-14-3-7-16(18)8-4-14/h3-4,7-8,12-13,15H,5-6,9-11H2,1-2H3/t12-,13+/m1/s1. The molecule has 1 aliphatic carbocycles. The van der Waals surface area contributed by atoms with Gasteiger partial charge in [-0.15, -0.1) is 0 Å². The highest BCUT2D eigenvalue weighted by molar-refractivity contribution is 5.81. The molecule has 1 amide bonds. The molecule has 0 radical (unpaired) electrons. The van der Waals surface area contributed by atoms with E-state index in [9.17, 15) is 9.18 Å². The molecule has 2 fully saturated rings. The lowest BCUT2D eigenvalue weighted by Crippen LogP contribution is -2.57. The zero-order valence-corrected chi connectivity index (χ0v) is 12.8. The van der Waals surface area contributed by atoms with Crippen LogP contribution in [0.25, 0.3) is 0 Å². The molecule has 3 rings (SSSR count). The molecule has 3 nitrogen and oxygen atoms in total. The molecule has 0 unspecified atom stereocenters. The summed E-state index contributed by atoms with van der Waals surface area (Å²) in [6, 6.07) is 7.30. The molecule has 4 heteroatoms. The highest BCUT2D eigenvalue weighted by Gasteiger charge is 2.38. The van der Waals surface area contributed by atoms with Crippen LogP contribution in [0.3, 0.4) is 0 Å². The van der Waals surface area contributed by atoms with Crippen LogP contribution in [0.1, 0.15) is 32.3 Å². The van der Waals surface area contributed by atoms with E-state index < -0.39 is 0 Å². The monoisotopic (exact) mass is 290 g/mol. The number of hydrogen-bond acceptors (Lipinski definition) is 2. The Kier molecular flexibility index (Phi) is 3.98. The smallest absolute Gasteiger partial charge is 0.226 e. The fraction of sp³-hybridized carbons (Fsp3) is 0.588. The second-order valence-corrected chi connectivity index (χ2v) is 6.52. The normalized spacial score (nSPS) is 26.9. The molecule has 1 saturated carbocycles. The third-order valence-corrected chi connectivity index (χ3v) is 4.62. The van der Waals surface area contributed by atoms with Crippen LogP contribution >= 0.6 is 0 Å². The van der Waals surface area contributed by atoms with Gasteiger partial charge in [0.15, 0.2) is 0 Å². The zero-order chi connectivity index (χ0) is 15.0. The largest absolute Gasteiger partial charge is 0.337 e. The highest BCUT2D eigenvalue weighted by atomic mass is 19.1. The number of carbonyl (C=O) groups excluding carboxylic acids is 1. The van der Waals surface area contributed by atoms with Crippen LogP contribution in [0.5, 0.6) is 0 Å². The Bertz CT molecular complexity index is 512. The quantitative estimate of drug-likeness (QED) is 0.854. The van der Waals surface area contributed by atoms with Crippen molar-refractivity contribution in [2.24, 2.45) is 5.92 Å². The summed E-state index contributed by atoms with van der Waals surface area (Å²) < 4.78 is 13.0. The van der Waals surface area contributed by atoms with Crippen molar-refractivity contribution >= 4 is 5.91 Å². The van der Waals surface area contributed by atoms with E-state index in [1.54, 1.807) is 0 Å². The predicted octanol–water partition coefficient (Wildman–Crippen LogP) is 2.66. The van der Waals surface area contributed by atoms with Crippen molar-refractivity contribution in [1.29, 1.82) is 0 Å². The lowest BCUT2D eigenvalue weighted by Gasteiger charge is -2.44. The number of hydrogen-bond donors (Lipinski definition) is 0. The van der Waals surface area contributed by atoms with E-state index in [1.807, 2.05) is 12.1 Å². The maximum absolute atomic E-state index is 13.0. The fourth-order valence-corrected chi connectivity index (χ4v) is 3.11. The molecule has 114 valence electrons. The number of amides is 1. The minimum absolute atomic E-state index is 0.194. The highest BCUT2D eigenvalue weighted by Crippen LogP contribution is 2.33. The summed E-state index contributed by atoms with van der Waals surface area (Å²) in [6.45, 7) is 6.80. The summed E-state index contributed by atoms with van der Waals surface area (Å²) in [5.74, 6) is 0.444. The van der Waals surface area contributed by atoms with Crippen molar-refractivity contribution in [2.75, 3.05) is 13.1 Å². The molecular formula is C17H23FN2O. The van der Waals surface area contributed by atoms with Gasteiger partial charge in [-0.05, 0) is 44.4 Å². The molecule has 21 heavy (non-hydrogen) atoms. The average molecular weight is 290 g/mol. The van der Waals surface area contributed by atoms with Gasteiger partial charge < -0.3 is 4.90 Å². The molecule has 0 bridgehead atoms. The maximum atomic E-state index is 13.0. The van der Waals surface area contributed by atoms with Crippen LogP contribution in [-0.4, -0.2) is 40.9 Å². The van der Waals surface area contributed by atoms with Crippen molar-refractivity contribution in [1.82, 2.24) is 9.80 Å². The van der Waals surface area contributed by atoms with E-state index in [4.69, 9.17) is 0 Å². The number of carbonyl (C=O) groups is 1.